The average Bonchev–Trinajstić information content (AvgIpc) is 2.78. The Hall–Kier alpha value is -2.07. The number of hydrogen-bond donors (Lipinski definition) is 2. The third-order valence-electron chi connectivity index (χ3n) is 2.38. The molecule has 0 saturated heterocycles. The topological polar surface area (TPSA) is 68.2 Å². The fraction of sp³-hybridized carbons (Fsp3) is 0.0833. The summed E-state index contributed by atoms with van der Waals surface area (Å²) in [6, 6.07) is 9.25. The Bertz CT molecular complexity index is 517. The van der Waals surface area contributed by atoms with Crippen LogP contribution in [-0.2, 0) is 6.54 Å². The summed E-state index contributed by atoms with van der Waals surface area (Å²) >= 11 is 0. The lowest BCUT2D eigenvalue weighted by Crippen LogP contribution is -1.98. The third kappa shape index (κ3) is 1.97. The van der Waals surface area contributed by atoms with Gasteiger partial charge in [0.2, 0.25) is 0 Å². The molecule has 1 aromatic carbocycles. The average molecular weight is 216 g/mol. The lowest BCUT2D eigenvalue weighted by atomic mass is 10.2. The van der Waals surface area contributed by atoms with E-state index in [2.05, 4.69) is 0 Å². The van der Waals surface area contributed by atoms with E-state index in [0.29, 0.717) is 6.54 Å². The van der Waals surface area contributed by atoms with Crippen LogP contribution in [0.15, 0.2) is 42.7 Å². The zero-order valence-corrected chi connectivity index (χ0v) is 8.63. The Morgan fingerprint density at radius 2 is 2.19 bits per heavy atom. The standard InChI is InChI=1S/C12H12N2O2/c13-7-9-2-1-3-11(6-9)14-5-4-10(8-14)12(15)16/h1-6,8H,7,13H2,(H,15,16). The third-order valence-corrected chi connectivity index (χ3v) is 2.38. The van der Waals surface area contributed by atoms with E-state index in [-0.39, 0.29) is 5.56 Å². The van der Waals surface area contributed by atoms with Gasteiger partial charge in [0.05, 0.1) is 5.56 Å². The molecular formula is C12H12N2O2. The molecule has 4 heteroatoms. The minimum atomic E-state index is -0.922. The smallest absolute Gasteiger partial charge is 0.337 e. The molecule has 0 aliphatic carbocycles. The van der Waals surface area contributed by atoms with Crippen LogP contribution in [0.25, 0.3) is 5.69 Å². The molecule has 3 N–H and O–H groups in total. The first-order valence-electron chi connectivity index (χ1n) is 4.91. The number of aromatic nitrogens is 1. The highest BCUT2D eigenvalue weighted by Crippen LogP contribution is 2.12. The van der Waals surface area contributed by atoms with Crippen molar-refractivity contribution in [1.82, 2.24) is 4.57 Å². The molecule has 0 saturated carbocycles. The van der Waals surface area contributed by atoms with Gasteiger partial charge in [0, 0.05) is 24.6 Å². The van der Waals surface area contributed by atoms with Gasteiger partial charge in [-0.25, -0.2) is 4.79 Å². The summed E-state index contributed by atoms with van der Waals surface area (Å²) < 4.78 is 1.77. The maximum atomic E-state index is 10.7. The minimum Gasteiger partial charge on any atom is -0.478 e. The molecule has 82 valence electrons. The van der Waals surface area contributed by atoms with Gasteiger partial charge in [0.1, 0.15) is 0 Å². The highest BCUT2D eigenvalue weighted by atomic mass is 16.4. The van der Waals surface area contributed by atoms with Gasteiger partial charge in [-0.05, 0) is 23.8 Å². The van der Waals surface area contributed by atoms with E-state index in [1.807, 2.05) is 24.3 Å². The number of carboxylic acids is 1. The van der Waals surface area contributed by atoms with Crippen LogP contribution < -0.4 is 5.73 Å². The quantitative estimate of drug-likeness (QED) is 0.819. The SMILES string of the molecule is NCc1cccc(-n2ccc(C(=O)O)c2)c1. The van der Waals surface area contributed by atoms with E-state index in [1.165, 1.54) is 0 Å². The first-order chi connectivity index (χ1) is 7.70. The molecule has 0 spiro atoms. The predicted molar refractivity (Wildman–Crippen MR) is 60.6 cm³/mol. The zero-order chi connectivity index (χ0) is 11.5. The van der Waals surface area contributed by atoms with Crippen molar-refractivity contribution in [3.05, 3.63) is 53.9 Å². The number of hydrogen-bond acceptors (Lipinski definition) is 2. The fourth-order valence-corrected chi connectivity index (χ4v) is 1.53. The van der Waals surface area contributed by atoms with Crippen molar-refractivity contribution in [1.29, 1.82) is 0 Å². The second-order valence-electron chi connectivity index (χ2n) is 3.49. The Morgan fingerprint density at radius 1 is 1.38 bits per heavy atom. The van der Waals surface area contributed by atoms with Crippen molar-refractivity contribution in [2.75, 3.05) is 0 Å². The van der Waals surface area contributed by atoms with Crippen LogP contribution in [0, 0.1) is 0 Å². The van der Waals surface area contributed by atoms with E-state index < -0.39 is 5.97 Å². The van der Waals surface area contributed by atoms with Crippen LogP contribution >= 0.6 is 0 Å². The molecular weight excluding hydrogens is 204 g/mol. The van der Waals surface area contributed by atoms with Crippen molar-refractivity contribution in [3.63, 3.8) is 0 Å². The van der Waals surface area contributed by atoms with Gasteiger partial charge in [-0.3, -0.25) is 0 Å². The molecule has 0 aliphatic heterocycles. The summed E-state index contributed by atoms with van der Waals surface area (Å²) in [6.07, 6.45) is 3.30. The molecule has 0 aliphatic rings. The summed E-state index contributed by atoms with van der Waals surface area (Å²) in [5.41, 5.74) is 7.75. The normalized spacial score (nSPS) is 10.3. The monoisotopic (exact) mass is 216 g/mol. The zero-order valence-electron chi connectivity index (χ0n) is 8.63. The fourth-order valence-electron chi connectivity index (χ4n) is 1.53. The van der Waals surface area contributed by atoms with Crippen LogP contribution in [0.3, 0.4) is 0 Å². The highest BCUT2D eigenvalue weighted by Gasteiger charge is 2.05. The molecule has 4 nitrogen and oxygen atoms in total. The molecule has 16 heavy (non-hydrogen) atoms. The van der Waals surface area contributed by atoms with Crippen molar-refractivity contribution in [2.24, 2.45) is 5.73 Å². The van der Waals surface area contributed by atoms with Crippen LogP contribution in [0.4, 0.5) is 0 Å². The summed E-state index contributed by atoms with van der Waals surface area (Å²) in [5.74, 6) is -0.922. The number of benzene rings is 1. The van der Waals surface area contributed by atoms with Crippen molar-refractivity contribution >= 4 is 5.97 Å². The molecule has 1 heterocycles. The minimum absolute atomic E-state index is 0.276. The number of carboxylic acid groups (broad SMARTS) is 1. The van der Waals surface area contributed by atoms with E-state index in [4.69, 9.17) is 10.8 Å². The first-order valence-corrected chi connectivity index (χ1v) is 4.91. The Balaban J connectivity index is 2.38. The van der Waals surface area contributed by atoms with Crippen LogP contribution in [-0.4, -0.2) is 15.6 Å². The molecule has 0 fully saturated rings. The number of nitrogens with zero attached hydrogens (tertiary/aromatic N) is 1. The van der Waals surface area contributed by atoms with Gasteiger partial charge in [-0.15, -0.1) is 0 Å². The second-order valence-corrected chi connectivity index (χ2v) is 3.49. The lowest BCUT2D eigenvalue weighted by molar-refractivity contribution is 0.0697. The maximum absolute atomic E-state index is 10.7. The second kappa shape index (κ2) is 4.20. The summed E-state index contributed by atoms with van der Waals surface area (Å²) in [6.45, 7) is 0.473. The van der Waals surface area contributed by atoms with Crippen molar-refractivity contribution in [3.8, 4) is 5.69 Å². The Morgan fingerprint density at radius 3 is 2.81 bits per heavy atom. The van der Waals surface area contributed by atoms with Crippen LogP contribution in [0.1, 0.15) is 15.9 Å². The van der Waals surface area contributed by atoms with Crippen molar-refractivity contribution in [2.45, 2.75) is 6.54 Å². The molecule has 2 aromatic rings. The molecule has 0 amide bonds. The molecule has 0 unspecified atom stereocenters. The van der Waals surface area contributed by atoms with Gasteiger partial charge in [0.25, 0.3) is 0 Å². The summed E-state index contributed by atoms with van der Waals surface area (Å²) in [7, 11) is 0. The molecule has 2 rings (SSSR count). The molecule has 1 aromatic heterocycles. The Kier molecular flexibility index (Phi) is 2.74. The largest absolute Gasteiger partial charge is 0.478 e. The number of carbonyl (C=O) groups is 1. The van der Waals surface area contributed by atoms with E-state index in [1.54, 1.807) is 23.0 Å². The van der Waals surface area contributed by atoms with E-state index in [9.17, 15) is 4.79 Å². The predicted octanol–water partition coefficient (Wildman–Crippen LogP) is 1.63. The van der Waals surface area contributed by atoms with Gasteiger partial charge in [-0.1, -0.05) is 12.1 Å². The van der Waals surface area contributed by atoms with Gasteiger partial charge in [0.15, 0.2) is 0 Å². The van der Waals surface area contributed by atoms with Gasteiger partial charge >= 0.3 is 5.97 Å². The van der Waals surface area contributed by atoms with E-state index in [0.717, 1.165) is 11.3 Å². The molecule has 0 radical (unpaired) electrons. The highest BCUT2D eigenvalue weighted by molar-refractivity contribution is 5.87. The van der Waals surface area contributed by atoms with E-state index >= 15 is 0 Å². The van der Waals surface area contributed by atoms with Crippen LogP contribution in [0.2, 0.25) is 0 Å². The number of aromatic carboxylic acids is 1. The molecule has 0 bridgehead atoms. The Labute approximate surface area is 92.9 Å². The van der Waals surface area contributed by atoms with Gasteiger partial charge in [-0.2, -0.15) is 0 Å². The summed E-state index contributed by atoms with van der Waals surface area (Å²) in [4.78, 5) is 10.7. The molecule has 0 atom stereocenters. The van der Waals surface area contributed by atoms with Crippen LogP contribution in [0.5, 0.6) is 0 Å². The number of nitrogens with two attached hydrogens (primary N) is 1. The number of rotatable bonds is 3. The first kappa shape index (κ1) is 10.4. The summed E-state index contributed by atoms with van der Waals surface area (Å²) in [5, 5.41) is 8.81. The maximum Gasteiger partial charge on any atom is 0.337 e. The van der Waals surface area contributed by atoms with Gasteiger partial charge < -0.3 is 15.4 Å². The lowest BCUT2D eigenvalue weighted by Gasteiger charge is -2.04. The van der Waals surface area contributed by atoms with Crippen molar-refractivity contribution < 1.29 is 9.90 Å².